The molecule has 4 heteroatoms. The van der Waals surface area contributed by atoms with Crippen molar-refractivity contribution in [3.05, 3.63) is 0 Å². The zero-order chi connectivity index (χ0) is 14.5. The first-order valence-electron chi connectivity index (χ1n) is 7.53. The van der Waals surface area contributed by atoms with Crippen LogP contribution in [0.5, 0.6) is 0 Å². The lowest BCUT2D eigenvalue weighted by atomic mass is 9.93. The Morgan fingerprint density at radius 3 is 2.65 bits per heavy atom. The first kappa shape index (κ1) is 16.0. The molecule has 0 radical (unpaired) electrons. The zero-order valence-corrected chi connectivity index (χ0v) is 14.3. The lowest BCUT2D eigenvalue weighted by Gasteiger charge is -2.18. The van der Waals surface area contributed by atoms with Crippen LogP contribution in [0.4, 0.5) is 0 Å². The van der Waals surface area contributed by atoms with Gasteiger partial charge < -0.3 is 0 Å². The van der Waals surface area contributed by atoms with E-state index in [9.17, 15) is 0 Å². The van der Waals surface area contributed by atoms with E-state index in [1.165, 1.54) is 19.3 Å². The third-order valence-electron chi connectivity index (χ3n) is 3.85. The Labute approximate surface area is 131 Å². The highest BCUT2D eigenvalue weighted by atomic mass is 32.2. The zero-order valence-electron chi connectivity index (χ0n) is 12.6. The second-order valence-corrected chi connectivity index (χ2v) is 8.16. The minimum atomic E-state index is 0.0241. The summed E-state index contributed by atoms with van der Waals surface area (Å²) in [6.07, 6.45) is 10.4. The third-order valence-corrected chi connectivity index (χ3v) is 6.32. The molecule has 4 unspecified atom stereocenters. The van der Waals surface area contributed by atoms with Crippen LogP contribution in [0.25, 0.3) is 0 Å². The molecule has 0 spiro atoms. The lowest BCUT2D eigenvalue weighted by Crippen LogP contribution is -2.13. The average Bonchev–Trinajstić information content (AvgIpc) is 2.88. The van der Waals surface area contributed by atoms with Crippen LogP contribution >= 0.6 is 23.5 Å². The van der Waals surface area contributed by atoms with Crippen molar-refractivity contribution in [2.45, 2.75) is 63.8 Å². The van der Waals surface area contributed by atoms with Crippen molar-refractivity contribution in [3.63, 3.8) is 0 Å². The molecule has 2 aliphatic heterocycles. The highest BCUT2D eigenvalue weighted by molar-refractivity contribution is 8.25. The third kappa shape index (κ3) is 4.30. The number of thioether (sulfide) groups is 2. The Bertz CT molecular complexity index is 436. The molecule has 0 aromatic carbocycles. The summed E-state index contributed by atoms with van der Waals surface area (Å²) in [5, 5.41) is 2.80. The van der Waals surface area contributed by atoms with E-state index in [1.807, 2.05) is 23.5 Å². The summed E-state index contributed by atoms with van der Waals surface area (Å²) in [7, 11) is 0. The first-order valence-corrected chi connectivity index (χ1v) is 9.40. The molecule has 0 bridgehead atoms. The minimum absolute atomic E-state index is 0.0241. The summed E-state index contributed by atoms with van der Waals surface area (Å²) >= 11 is 3.70. The molecule has 0 saturated heterocycles. The van der Waals surface area contributed by atoms with Crippen LogP contribution in [-0.2, 0) is 0 Å². The SMILES string of the molecule is C#CC1CCC(CC)CC(C)SC(C2=NC(C)CS2)=N1. The van der Waals surface area contributed by atoms with Crippen LogP contribution in [0.2, 0.25) is 0 Å². The minimum Gasteiger partial charge on any atom is -0.272 e. The van der Waals surface area contributed by atoms with Gasteiger partial charge in [0, 0.05) is 11.0 Å². The Morgan fingerprint density at radius 2 is 2.05 bits per heavy atom. The summed E-state index contributed by atoms with van der Waals surface area (Å²) in [5.41, 5.74) is 0. The summed E-state index contributed by atoms with van der Waals surface area (Å²) in [6, 6.07) is 0.435. The molecule has 20 heavy (non-hydrogen) atoms. The van der Waals surface area contributed by atoms with Crippen molar-refractivity contribution in [2.75, 3.05) is 5.75 Å². The highest BCUT2D eigenvalue weighted by Crippen LogP contribution is 2.32. The van der Waals surface area contributed by atoms with Crippen molar-refractivity contribution in [1.82, 2.24) is 0 Å². The Balaban J connectivity index is 2.20. The van der Waals surface area contributed by atoms with E-state index >= 15 is 0 Å². The molecule has 0 aliphatic carbocycles. The quantitative estimate of drug-likeness (QED) is 0.712. The lowest BCUT2D eigenvalue weighted by molar-refractivity contribution is 0.419. The average molecular weight is 309 g/mol. The van der Waals surface area contributed by atoms with Gasteiger partial charge in [-0.1, -0.05) is 26.2 Å². The molecule has 0 aromatic rings. The summed E-state index contributed by atoms with van der Waals surface area (Å²) in [5.74, 6) is 4.71. The van der Waals surface area contributed by atoms with E-state index in [0.717, 1.165) is 28.2 Å². The number of rotatable bonds is 2. The molecule has 110 valence electrons. The smallest absolute Gasteiger partial charge is 0.124 e. The molecule has 0 amide bonds. The van der Waals surface area contributed by atoms with E-state index in [-0.39, 0.29) is 6.04 Å². The van der Waals surface area contributed by atoms with Gasteiger partial charge in [-0.25, -0.2) is 0 Å². The van der Waals surface area contributed by atoms with Crippen LogP contribution in [0, 0.1) is 18.3 Å². The molecule has 0 fully saturated rings. The van der Waals surface area contributed by atoms with Crippen LogP contribution in [-0.4, -0.2) is 33.2 Å². The topological polar surface area (TPSA) is 24.7 Å². The molecule has 0 aromatic heterocycles. The first-order chi connectivity index (χ1) is 9.62. The molecule has 0 N–H and O–H groups in total. The maximum absolute atomic E-state index is 5.67. The molecule has 0 saturated carbocycles. The Hall–Kier alpha value is -0.400. The van der Waals surface area contributed by atoms with Gasteiger partial charge >= 0.3 is 0 Å². The van der Waals surface area contributed by atoms with Gasteiger partial charge in [0.15, 0.2) is 0 Å². The van der Waals surface area contributed by atoms with Crippen LogP contribution in [0.3, 0.4) is 0 Å². The molecule has 2 rings (SSSR count). The largest absolute Gasteiger partial charge is 0.272 e. The highest BCUT2D eigenvalue weighted by Gasteiger charge is 2.25. The maximum Gasteiger partial charge on any atom is 0.124 e. The summed E-state index contributed by atoms with van der Waals surface area (Å²) in [6.45, 7) is 6.75. The van der Waals surface area contributed by atoms with Gasteiger partial charge in [-0.05, 0) is 32.1 Å². The molecular weight excluding hydrogens is 284 g/mol. The van der Waals surface area contributed by atoms with Gasteiger partial charge in [0.1, 0.15) is 16.1 Å². The fraction of sp³-hybridized carbons (Fsp3) is 0.750. The van der Waals surface area contributed by atoms with Crippen molar-refractivity contribution in [3.8, 4) is 12.3 Å². The van der Waals surface area contributed by atoms with E-state index in [0.29, 0.717) is 11.3 Å². The van der Waals surface area contributed by atoms with Gasteiger partial charge in [-0.3, -0.25) is 9.98 Å². The fourth-order valence-electron chi connectivity index (χ4n) is 2.64. The van der Waals surface area contributed by atoms with Crippen LogP contribution in [0.1, 0.15) is 46.5 Å². The second kappa shape index (κ2) is 7.56. The van der Waals surface area contributed by atoms with Gasteiger partial charge in [-0.15, -0.1) is 29.9 Å². The van der Waals surface area contributed by atoms with Crippen molar-refractivity contribution < 1.29 is 0 Å². The molecule has 2 aliphatic rings. The van der Waals surface area contributed by atoms with E-state index in [2.05, 4.69) is 26.7 Å². The van der Waals surface area contributed by atoms with E-state index in [1.54, 1.807) is 0 Å². The number of aliphatic imine (C=N–C) groups is 2. The van der Waals surface area contributed by atoms with Crippen LogP contribution in [0.15, 0.2) is 9.98 Å². The molecular formula is C16H24N2S2. The molecule has 2 nitrogen and oxygen atoms in total. The molecule has 4 atom stereocenters. The number of hydrogen-bond acceptors (Lipinski definition) is 4. The number of nitrogens with zero attached hydrogens (tertiary/aromatic N) is 2. The van der Waals surface area contributed by atoms with Crippen molar-refractivity contribution in [1.29, 1.82) is 0 Å². The van der Waals surface area contributed by atoms with E-state index in [4.69, 9.17) is 16.4 Å². The maximum atomic E-state index is 5.67. The van der Waals surface area contributed by atoms with Crippen LogP contribution < -0.4 is 0 Å². The summed E-state index contributed by atoms with van der Waals surface area (Å²) in [4.78, 5) is 9.56. The van der Waals surface area contributed by atoms with E-state index < -0.39 is 0 Å². The van der Waals surface area contributed by atoms with Crippen molar-refractivity contribution in [2.24, 2.45) is 15.9 Å². The second-order valence-electron chi connectivity index (χ2n) is 5.73. The van der Waals surface area contributed by atoms with Crippen molar-refractivity contribution >= 4 is 33.6 Å². The monoisotopic (exact) mass is 308 g/mol. The Kier molecular flexibility index (Phi) is 6.04. The van der Waals surface area contributed by atoms with Gasteiger partial charge in [0.05, 0.1) is 6.04 Å². The van der Waals surface area contributed by atoms with Gasteiger partial charge in [-0.2, -0.15) is 0 Å². The molecule has 2 heterocycles. The fourth-order valence-corrected chi connectivity index (χ4v) is 4.96. The number of terminal acetylenes is 1. The van der Waals surface area contributed by atoms with Gasteiger partial charge in [0.2, 0.25) is 0 Å². The Morgan fingerprint density at radius 1 is 1.25 bits per heavy atom. The predicted molar refractivity (Wildman–Crippen MR) is 94.1 cm³/mol. The standard InChI is InChI=1S/C16H24N2S2/c1-5-13-7-8-14(6-2)18-16(20-12(4)9-13)15-17-11(3)10-19-15/h2,11-14H,5,7-10H2,1,3-4H3. The number of hydrogen-bond donors (Lipinski definition) is 0. The predicted octanol–water partition coefficient (Wildman–Crippen LogP) is 4.25. The normalized spacial score (nSPS) is 35.3. The summed E-state index contributed by atoms with van der Waals surface area (Å²) < 4.78 is 0. The van der Waals surface area contributed by atoms with Gasteiger partial charge in [0.25, 0.3) is 0 Å².